The van der Waals surface area contributed by atoms with Gasteiger partial charge in [-0.2, -0.15) is 0 Å². The van der Waals surface area contributed by atoms with Gasteiger partial charge in [0.05, 0.1) is 0 Å². The van der Waals surface area contributed by atoms with Crippen molar-refractivity contribution in [3.8, 4) is 0 Å². The van der Waals surface area contributed by atoms with Crippen molar-refractivity contribution < 1.29 is 0 Å². The third-order valence-electron chi connectivity index (χ3n) is 1.78. The van der Waals surface area contributed by atoms with Gasteiger partial charge in [-0.1, -0.05) is 26.6 Å². The van der Waals surface area contributed by atoms with Crippen LogP contribution in [0, 0.1) is 0 Å². The van der Waals surface area contributed by atoms with E-state index in [1.54, 1.807) is 0 Å². The van der Waals surface area contributed by atoms with Crippen LogP contribution in [0.4, 0.5) is 0 Å². The van der Waals surface area contributed by atoms with Crippen molar-refractivity contribution in [3.63, 3.8) is 0 Å². The molecule has 0 N–H and O–H groups in total. The average Bonchev–Trinajstić information content (AvgIpc) is 1.79. The molecule has 0 spiro atoms. The molecule has 0 aliphatic carbocycles. The highest BCUT2D eigenvalue weighted by Gasteiger charge is 2.22. The van der Waals surface area contributed by atoms with Crippen LogP contribution >= 0.6 is 0 Å². The maximum atomic E-state index is 2.72. The fourth-order valence-corrected chi connectivity index (χ4v) is 5.51. The van der Waals surface area contributed by atoms with Gasteiger partial charge >= 0.3 is 0 Å². The van der Waals surface area contributed by atoms with E-state index in [9.17, 15) is 0 Å². The first-order valence-electron chi connectivity index (χ1n) is 4.27. The lowest BCUT2D eigenvalue weighted by Crippen LogP contribution is -2.52. The first kappa shape index (κ1) is 11.4. The van der Waals surface area contributed by atoms with Gasteiger partial charge in [-0.05, 0) is 20.6 Å². The molecule has 0 saturated carbocycles. The minimum atomic E-state index is -0.996. The minimum absolute atomic E-state index is 0.116. The summed E-state index contributed by atoms with van der Waals surface area (Å²) < 4.78 is 5.09. The van der Waals surface area contributed by atoms with Crippen molar-refractivity contribution >= 4 is 18.1 Å². The largest absolute Gasteiger partial charge is 0.339 e. The normalized spacial score (nSPS) is 14.2. The summed E-state index contributed by atoms with van der Waals surface area (Å²) in [7, 11) is 3.27. The second kappa shape index (κ2) is 4.40. The molecule has 0 bridgehead atoms. The molecule has 11 heavy (non-hydrogen) atoms. The Balaban J connectivity index is 3.96. The molecule has 0 fully saturated rings. The maximum absolute atomic E-state index is 2.72. The van der Waals surface area contributed by atoms with Gasteiger partial charge < -0.3 is 8.80 Å². The summed E-state index contributed by atoms with van der Waals surface area (Å²) in [6.07, 6.45) is 0. The van der Waals surface area contributed by atoms with E-state index in [-0.39, 0.29) is 9.84 Å². The number of hydrogen-bond donors (Lipinski definition) is 0. The topological polar surface area (TPSA) is 6.48 Å². The summed E-state index contributed by atoms with van der Waals surface area (Å²) in [6.45, 7) is 10.8. The Hall–Kier alpha value is 0.354. The first-order chi connectivity index (χ1) is 4.88. The van der Waals surface area contributed by atoms with Crippen LogP contribution in [-0.2, 0) is 0 Å². The molecule has 0 saturated heterocycles. The molecular weight excluding hydrogens is 168 g/mol. The van der Waals surface area contributed by atoms with E-state index < -0.39 is 8.24 Å². The predicted octanol–water partition coefficient (Wildman–Crippen LogP) is 0.704. The molecule has 0 atom stereocenters. The van der Waals surface area contributed by atoms with Gasteiger partial charge in [0, 0.05) is 0 Å². The van der Waals surface area contributed by atoms with Gasteiger partial charge in [-0.3, -0.25) is 0 Å². The zero-order valence-electron chi connectivity index (χ0n) is 8.81. The summed E-state index contributed by atoms with van der Waals surface area (Å²) in [5, 5.41) is 0. The third kappa shape index (κ3) is 4.73. The van der Waals surface area contributed by atoms with Crippen LogP contribution in [0.3, 0.4) is 0 Å². The first-order valence-corrected chi connectivity index (χ1v) is 8.99. The van der Waals surface area contributed by atoms with Crippen LogP contribution in [0.15, 0.2) is 0 Å². The molecule has 2 nitrogen and oxygen atoms in total. The Morgan fingerprint density at radius 1 is 1.18 bits per heavy atom. The van der Waals surface area contributed by atoms with Crippen molar-refractivity contribution in [2.45, 2.75) is 26.6 Å². The van der Waals surface area contributed by atoms with Gasteiger partial charge in [-0.25, -0.2) is 0 Å². The van der Waals surface area contributed by atoms with Crippen molar-refractivity contribution in [2.75, 3.05) is 20.6 Å². The second-order valence-corrected chi connectivity index (χ2v) is 12.2. The fraction of sp³-hybridized carbons (Fsp3) is 1.00. The van der Waals surface area contributed by atoms with Crippen LogP contribution in [0.25, 0.3) is 0 Å². The highest BCUT2D eigenvalue weighted by atomic mass is 28.4. The zero-order valence-corrected chi connectivity index (χ0v) is 11.2. The molecule has 0 aromatic heterocycles. The average molecular weight is 190 g/mol. The van der Waals surface area contributed by atoms with E-state index >= 15 is 0 Å². The standard InChI is InChI=1S/C7H22N2Si2/c1-7-9(10-8(2)3)11(4,5)6/h7,10H2,1-6H3. The Bertz CT molecular complexity index is 109. The maximum Gasteiger partial charge on any atom is 0.165 e. The molecule has 0 aromatic carbocycles. The van der Waals surface area contributed by atoms with Crippen LogP contribution in [0.2, 0.25) is 19.6 Å². The van der Waals surface area contributed by atoms with E-state index in [2.05, 4.69) is 49.5 Å². The fourth-order valence-electron chi connectivity index (χ4n) is 1.13. The Labute approximate surface area is 74.6 Å². The second-order valence-electron chi connectivity index (χ2n) is 4.25. The van der Waals surface area contributed by atoms with Crippen molar-refractivity contribution in [1.82, 2.24) is 8.80 Å². The van der Waals surface area contributed by atoms with Crippen molar-refractivity contribution in [3.05, 3.63) is 0 Å². The van der Waals surface area contributed by atoms with Gasteiger partial charge in [0.15, 0.2) is 9.84 Å². The summed E-state index contributed by atoms with van der Waals surface area (Å²) in [5.41, 5.74) is 0. The van der Waals surface area contributed by atoms with Gasteiger partial charge in [0.2, 0.25) is 0 Å². The highest BCUT2D eigenvalue weighted by molar-refractivity contribution is 6.78. The minimum Gasteiger partial charge on any atom is -0.339 e. The Morgan fingerprint density at radius 2 is 1.64 bits per heavy atom. The molecule has 0 aliphatic rings. The molecule has 68 valence electrons. The highest BCUT2D eigenvalue weighted by Crippen LogP contribution is 2.06. The van der Waals surface area contributed by atoms with Crippen molar-refractivity contribution in [2.24, 2.45) is 0 Å². The van der Waals surface area contributed by atoms with Crippen LogP contribution < -0.4 is 0 Å². The molecule has 0 radical (unpaired) electrons. The quantitative estimate of drug-likeness (QED) is 0.602. The van der Waals surface area contributed by atoms with E-state index in [1.807, 2.05) is 0 Å². The molecule has 0 amide bonds. The number of hydrogen-bond acceptors (Lipinski definition) is 2. The lowest BCUT2D eigenvalue weighted by atomic mass is 10.8. The molecule has 0 aromatic rings. The van der Waals surface area contributed by atoms with E-state index in [4.69, 9.17) is 0 Å². The molecule has 0 heterocycles. The summed E-state index contributed by atoms with van der Waals surface area (Å²) >= 11 is 0. The zero-order chi connectivity index (χ0) is 9.07. The van der Waals surface area contributed by atoms with Gasteiger partial charge in [0.1, 0.15) is 8.24 Å². The monoisotopic (exact) mass is 190 g/mol. The van der Waals surface area contributed by atoms with E-state index in [0.717, 1.165) is 0 Å². The molecule has 0 aliphatic heterocycles. The molecule has 0 unspecified atom stereocenters. The number of nitrogens with zero attached hydrogens (tertiary/aromatic N) is 2. The lowest BCUT2D eigenvalue weighted by molar-refractivity contribution is 0.565. The molecular formula is C7H22N2Si2. The van der Waals surface area contributed by atoms with Crippen LogP contribution in [0.1, 0.15) is 6.92 Å². The van der Waals surface area contributed by atoms with Crippen molar-refractivity contribution in [1.29, 1.82) is 0 Å². The Kier molecular flexibility index (Phi) is 4.54. The Morgan fingerprint density at radius 3 is 1.73 bits per heavy atom. The smallest absolute Gasteiger partial charge is 0.165 e. The summed E-state index contributed by atoms with van der Waals surface area (Å²) in [6, 6.07) is 0. The summed E-state index contributed by atoms with van der Waals surface area (Å²) in [5.74, 6) is 0. The van der Waals surface area contributed by atoms with Gasteiger partial charge in [0.25, 0.3) is 0 Å². The SMILES string of the molecule is CCN([SiH2]N(C)C)[Si](C)(C)C. The molecule has 4 heteroatoms. The van der Waals surface area contributed by atoms with E-state index in [1.165, 1.54) is 6.54 Å². The lowest BCUT2D eigenvalue weighted by Gasteiger charge is -2.34. The van der Waals surface area contributed by atoms with E-state index in [0.29, 0.717) is 0 Å². The van der Waals surface area contributed by atoms with Crippen LogP contribution in [0.5, 0.6) is 0 Å². The molecule has 0 rings (SSSR count). The number of rotatable bonds is 4. The predicted molar refractivity (Wildman–Crippen MR) is 58.0 cm³/mol. The summed E-state index contributed by atoms with van der Waals surface area (Å²) in [4.78, 5) is 0. The van der Waals surface area contributed by atoms with Crippen LogP contribution in [-0.4, -0.2) is 47.5 Å². The third-order valence-corrected chi connectivity index (χ3v) is 8.62. The van der Waals surface area contributed by atoms with Gasteiger partial charge in [-0.15, -0.1) is 0 Å².